The molecule has 92 valence electrons. The summed E-state index contributed by atoms with van der Waals surface area (Å²) in [5.74, 6) is 2.14. The van der Waals surface area contributed by atoms with Gasteiger partial charge in [-0.2, -0.15) is 0 Å². The molecule has 0 saturated carbocycles. The fraction of sp³-hybridized carbons (Fsp3) is 0.917. The van der Waals surface area contributed by atoms with Crippen LogP contribution in [0.5, 0.6) is 0 Å². The predicted octanol–water partition coefficient (Wildman–Crippen LogP) is 1.47. The smallest absolute Gasteiger partial charge is 0.238 e. The SMILES string of the molecule is CC1(C(=O)N2CCC(CN)CC2)CCCS1. The van der Waals surface area contributed by atoms with E-state index in [9.17, 15) is 4.79 Å². The van der Waals surface area contributed by atoms with E-state index >= 15 is 0 Å². The molecule has 0 radical (unpaired) electrons. The molecule has 2 heterocycles. The van der Waals surface area contributed by atoms with E-state index in [0.717, 1.165) is 44.6 Å². The van der Waals surface area contributed by atoms with E-state index in [-0.39, 0.29) is 4.75 Å². The van der Waals surface area contributed by atoms with Crippen molar-refractivity contribution in [3.8, 4) is 0 Å². The Hall–Kier alpha value is -0.220. The molecule has 4 heteroatoms. The first-order valence-electron chi connectivity index (χ1n) is 6.29. The van der Waals surface area contributed by atoms with Gasteiger partial charge in [0.1, 0.15) is 0 Å². The molecule has 1 atom stereocenters. The number of nitrogens with two attached hydrogens (primary N) is 1. The van der Waals surface area contributed by atoms with Crippen molar-refractivity contribution in [2.45, 2.75) is 37.4 Å². The Morgan fingerprint density at radius 1 is 1.50 bits per heavy atom. The molecular formula is C12H22N2OS. The van der Waals surface area contributed by atoms with Crippen LogP contribution in [0.3, 0.4) is 0 Å². The fourth-order valence-corrected chi connectivity index (χ4v) is 3.93. The van der Waals surface area contributed by atoms with Gasteiger partial charge in [0, 0.05) is 13.1 Å². The predicted molar refractivity (Wildman–Crippen MR) is 68.5 cm³/mol. The molecule has 1 amide bonds. The van der Waals surface area contributed by atoms with Gasteiger partial charge in [0.25, 0.3) is 0 Å². The molecule has 2 N–H and O–H groups in total. The summed E-state index contributed by atoms with van der Waals surface area (Å²) in [5, 5.41) is 0. The number of rotatable bonds is 2. The van der Waals surface area contributed by atoms with Gasteiger partial charge in [-0.15, -0.1) is 11.8 Å². The Balaban J connectivity index is 1.91. The maximum absolute atomic E-state index is 12.4. The van der Waals surface area contributed by atoms with Crippen LogP contribution in [-0.2, 0) is 4.79 Å². The number of amides is 1. The van der Waals surface area contributed by atoms with Crippen molar-refractivity contribution in [2.75, 3.05) is 25.4 Å². The van der Waals surface area contributed by atoms with Gasteiger partial charge >= 0.3 is 0 Å². The van der Waals surface area contributed by atoms with E-state index in [0.29, 0.717) is 11.8 Å². The van der Waals surface area contributed by atoms with Crippen LogP contribution in [0.2, 0.25) is 0 Å². The summed E-state index contributed by atoms with van der Waals surface area (Å²) in [7, 11) is 0. The van der Waals surface area contributed by atoms with E-state index in [1.165, 1.54) is 6.42 Å². The maximum Gasteiger partial charge on any atom is 0.238 e. The molecule has 0 aromatic carbocycles. The molecule has 16 heavy (non-hydrogen) atoms. The summed E-state index contributed by atoms with van der Waals surface area (Å²) in [4.78, 5) is 14.5. The number of likely N-dealkylation sites (tertiary alicyclic amines) is 1. The maximum atomic E-state index is 12.4. The molecule has 0 bridgehead atoms. The van der Waals surface area contributed by atoms with Crippen LogP contribution >= 0.6 is 11.8 Å². The zero-order chi connectivity index (χ0) is 11.6. The number of carbonyl (C=O) groups is 1. The summed E-state index contributed by atoms with van der Waals surface area (Å²) in [6, 6.07) is 0. The molecule has 2 saturated heterocycles. The number of carbonyl (C=O) groups excluding carboxylic acids is 1. The van der Waals surface area contributed by atoms with Crippen molar-refractivity contribution in [2.24, 2.45) is 11.7 Å². The number of piperidine rings is 1. The monoisotopic (exact) mass is 242 g/mol. The third-order valence-corrected chi connectivity index (χ3v) is 5.41. The van der Waals surface area contributed by atoms with Gasteiger partial charge in [0.15, 0.2) is 0 Å². The summed E-state index contributed by atoms with van der Waals surface area (Å²) in [5.41, 5.74) is 5.67. The van der Waals surface area contributed by atoms with E-state index in [1.54, 1.807) is 0 Å². The van der Waals surface area contributed by atoms with Crippen LogP contribution in [0.25, 0.3) is 0 Å². The minimum Gasteiger partial charge on any atom is -0.341 e. The zero-order valence-electron chi connectivity index (χ0n) is 10.1. The first kappa shape index (κ1) is 12.2. The standard InChI is InChI=1S/C12H22N2OS/c1-12(5-2-8-16-12)11(15)14-6-3-10(9-13)4-7-14/h10H,2-9,13H2,1H3. The van der Waals surface area contributed by atoms with Crippen molar-refractivity contribution in [1.29, 1.82) is 0 Å². The first-order chi connectivity index (χ1) is 7.65. The van der Waals surface area contributed by atoms with Crippen molar-refractivity contribution in [1.82, 2.24) is 4.90 Å². The Labute approximate surface area is 102 Å². The zero-order valence-corrected chi connectivity index (χ0v) is 10.9. The highest BCUT2D eigenvalue weighted by Gasteiger charge is 2.40. The van der Waals surface area contributed by atoms with Gasteiger partial charge in [-0.1, -0.05) is 0 Å². The Kier molecular flexibility index (Phi) is 3.80. The summed E-state index contributed by atoms with van der Waals surface area (Å²) in [6.07, 6.45) is 4.41. The van der Waals surface area contributed by atoms with Gasteiger partial charge in [0.2, 0.25) is 5.91 Å². The lowest BCUT2D eigenvalue weighted by molar-refractivity contribution is -0.134. The highest BCUT2D eigenvalue weighted by molar-refractivity contribution is 8.01. The number of hydrogen-bond acceptors (Lipinski definition) is 3. The van der Waals surface area contributed by atoms with Crippen LogP contribution in [0.15, 0.2) is 0 Å². The lowest BCUT2D eigenvalue weighted by Gasteiger charge is -2.36. The minimum absolute atomic E-state index is 0.129. The average molecular weight is 242 g/mol. The normalized spacial score (nSPS) is 32.0. The molecule has 0 aromatic rings. The molecule has 0 spiro atoms. The third kappa shape index (κ3) is 2.38. The van der Waals surface area contributed by atoms with E-state index in [4.69, 9.17) is 5.73 Å². The summed E-state index contributed by atoms with van der Waals surface area (Å²) < 4.78 is -0.129. The lowest BCUT2D eigenvalue weighted by atomic mass is 9.95. The molecule has 3 nitrogen and oxygen atoms in total. The van der Waals surface area contributed by atoms with Gasteiger partial charge in [-0.05, 0) is 50.8 Å². The second kappa shape index (κ2) is 4.96. The van der Waals surface area contributed by atoms with Crippen molar-refractivity contribution in [3.63, 3.8) is 0 Å². The second-order valence-corrected chi connectivity index (χ2v) is 6.75. The Bertz CT molecular complexity index is 256. The van der Waals surface area contributed by atoms with Crippen LogP contribution in [-0.4, -0.2) is 40.9 Å². The molecule has 2 aliphatic rings. The third-order valence-electron chi connectivity index (χ3n) is 3.91. The molecule has 1 unspecified atom stereocenters. The Morgan fingerprint density at radius 2 is 2.19 bits per heavy atom. The number of nitrogens with zero attached hydrogens (tertiary/aromatic N) is 1. The Morgan fingerprint density at radius 3 is 2.69 bits per heavy atom. The lowest BCUT2D eigenvalue weighted by Crippen LogP contribution is -2.48. The van der Waals surface area contributed by atoms with Gasteiger partial charge in [-0.25, -0.2) is 0 Å². The van der Waals surface area contributed by atoms with E-state index in [1.807, 2.05) is 11.8 Å². The molecule has 0 aromatic heterocycles. The van der Waals surface area contributed by atoms with Crippen molar-refractivity contribution < 1.29 is 4.79 Å². The summed E-state index contributed by atoms with van der Waals surface area (Å²) >= 11 is 1.84. The van der Waals surface area contributed by atoms with E-state index in [2.05, 4.69) is 11.8 Å². The largest absolute Gasteiger partial charge is 0.341 e. The second-order valence-electron chi connectivity index (χ2n) is 5.15. The van der Waals surface area contributed by atoms with Crippen LogP contribution < -0.4 is 5.73 Å². The first-order valence-corrected chi connectivity index (χ1v) is 7.28. The van der Waals surface area contributed by atoms with Crippen LogP contribution in [0.1, 0.15) is 32.6 Å². The molecule has 2 fully saturated rings. The molecular weight excluding hydrogens is 220 g/mol. The minimum atomic E-state index is -0.129. The molecule has 2 aliphatic heterocycles. The van der Waals surface area contributed by atoms with Gasteiger partial charge in [0.05, 0.1) is 4.75 Å². The van der Waals surface area contributed by atoms with Gasteiger partial charge in [-0.3, -0.25) is 4.79 Å². The van der Waals surface area contributed by atoms with E-state index < -0.39 is 0 Å². The fourth-order valence-electron chi connectivity index (χ4n) is 2.65. The number of hydrogen-bond donors (Lipinski definition) is 1. The average Bonchev–Trinajstić information content (AvgIpc) is 2.77. The molecule has 2 rings (SSSR count). The van der Waals surface area contributed by atoms with Crippen molar-refractivity contribution in [3.05, 3.63) is 0 Å². The quantitative estimate of drug-likeness (QED) is 0.797. The van der Waals surface area contributed by atoms with Crippen LogP contribution in [0, 0.1) is 5.92 Å². The number of thioether (sulfide) groups is 1. The summed E-state index contributed by atoms with van der Waals surface area (Å²) in [6.45, 7) is 4.71. The highest BCUT2D eigenvalue weighted by Crippen LogP contribution is 2.39. The highest BCUT2D eigenvalue weighted by atomic mass is 32.2. The van der Waals surface area contributed by atoms with Gasteiger partial charge < -0.3 is 10.6 Å². The van der Waals surface area contributed by atoms with Crippen molar-refractivity contribution >= 4 is 17.7 Å². The topological polar surface area (TPSA) is 46.3 Å². The van der Waals surface area contributed by atoms with Crippen LogP contribution in [0.4, 0.5) is 0 Å². The molecule has 0 aliphatic carbocycles.